The molecule has 1 amide bonds. The van der Waals surface area contributed by atoms with Gasteiger partial charge in [0, 0.05) is 23.3 Å². The molecule has 2 atom stereocenters. The van der Waals surface area contributed by atoms with E-state index < -0.39 is 0 Å². The number of nitrogens with one attached hydrogen (secondary N) is 2. The van der Waals surface area contributed by atoms with Crippen molar-refractivity contribution in [2.24, 2.45) is 0 Å². The van der Waals surface area contributed by atoms with Crippen LogP contribution in [0.3, 0.4) is 0 Å². The maximum atomic E-state index is 13.2. The highest BCUT2D eigenvalue weighted by Crippen LogP contribution is 2.25. The minimum atomic E-state index is -0.226. The number of carbonyl (C=O) groups excluding carboxylic acids is 1. The molecule has 3 aromatic rings. The van der Waals surface area contributed by atoms with Crippen LogP contribution < -0.4 is 10.2 Å². The van der Waals surface area contributed by atoms with Crippen molar-refractivity contribution in [1.29, 1.82) is 0 Å². The lowest BCUT2D eigenvalue weighted by molar-refractivity contribution is -0.917. The van der Waals surface area contributed by atoms with E-state index in [9.17, 15) is 9.18 Å². The van der Waals surface area contributed by atoms with Crippen LogP contribution in [0, 0.1) is 5.82 Å². The summed E-state index contributed by atoms with van der Waals surface area (Å²) in [5.41, 5.74) is 2.15. The molecule has 2 N–H and O–H groups in total. The Bertz CT molecular complexity index is 892. The van der Waals surface area contributed by atoms with E-state index in [-0.39, 0.29) is 17.8 Å². The molecule has 144 valence electrons. The fourth-order valence-corrected chi connectivity index (χ4v) is 4.35. The fourth-order valence-electron chi connectivity index (χ4n) is 3.55. The molecule has 0 bridgehead atoms. The van der Waals surface area contributed by atoms with Crippen LogP contribution in [0.15, 0.2) is 72.1 Å². The molecule has 1 fully saturated rings. The molecule has 3 nitrogen and oxygen atoms in total. The number of hydrogen-bond acceptors (Lipinski definition) is 2. The maximum absolute atomic E-state index is 13.2. The Morgan fingerprint density at radius 2 is 1.82 bits per heavy atom. The minimum absolute atomic E-state index is 0.0475. The standard InChI is InChI=1S/C23H23FN2OS/c24-19-10-8-17(9-11-19)15-26(20-12-13-20)16-22(27)25-23(21-7-4-14-28-21)18-5-2-1-3-6-18/h1-11,14,20,23H,12-13,15-16H2,(H,25,27)/p+1/t23-/m0/s1. The number of benzene rings is 2. The molecule has 2 aromatic carbocycles. The van der Waals surface area contributed by atoms with Gasteiger partial charge in [0.1, 0.15) is 12.4 Å². The highest BCUT2D eigenvalue weighted by Gasteiger charge is 2.35. The predicted molar refractivity (Wildman–Crippen MR) is 110 cm³/mol. The number of hydrogen-bond donors (Lipinski definition) is 2. The molecular formula is C23H24FN2OS+. The second kappa shape index (κ2) is 8.67. The molecule has 1 aliphatic rings. The van der Waals surface area contributed by atoms with Gasteiger partial charge in [-0.1, -0.05) is 48.5 Å². The predicted octanol–water partition coefficient (Wildman–Crippen LogP) is 3.34. The molecule has 0 radical (unpaired) electrons. The van der Waals surface area contributed by atoms with Gasteiger partial charge in [-0.25, -0.2) is 4.39 Å². The van der Waals surface area contributed by atoms with Gasteiger partial charge in [-0.15, -0.1) is 11.3 Å². The molecule has 1 heterocycles. The number of rotatable bonds is 8. The third kappa shape index (κ3) is 4.86. The van der Waals surface area contributed by atoms with Gasteiger partial charge >= 0.3 is 0 Å². The van der Waals surface area contributed by atoms with Crippen molar-refractivity contribution in [1.82, 2.24) is 5.32 Å². The number of thiophene rings is 1. The zero-order valence-corrected chi connectivity index (χ0v) is 16.4. The smallest absolute Gasteiger partial charge is 0.275 e. The summed E-state index contributed by atoms with van der Waals surface area (Å²) >= 11 is 1.65. The molecule has 4 rings (SSSR count). The van der Waals surface area contributed by atoms with E-state index >= 15 is 0 Å². The van der Waals surface area contributed by atoms with Crippen LogP contribution in [-0.4, -0.2) is 18.5 Å². The Morgan fingerprint density at radius 1 is 1.07 bits per heavy atom. The van der Waals surface area contributed by atoms with Crippen molar-refractivity contribution in [3.63, 3.8) is 0 Å². The lowest BCUT2D eigenvalue weighted by Crippen LogP contribution is -3.13. The van der Waals surface area contributed by atoms with Gasteiger partial charge in [-0.2, -0.15) is 0 Å². The molecular weight excluding hydrogens is 371 g/mol. The average Bonchev–Trinajstić information content (AvgIpc) is 3.42. The molecule has 5 heteroatoms. The monoisotopic (exact) mass is 395 g/mol. The summed E-state index contributed by atoms with van der Waals surface area (Å²) in [5, 5.41) is 5.27. The molecule has 1 aromatic heterocycles. The first kappa shape index (κ1) is 18.8. The second-order valence-electron chi connectivity index (χ2n) is 7.34. The van der Waals surface area contributed by atoms with Gasteiger partial charge in [-0.05, 0) is 29.1 Å². The van der Waals surface area contributed by atoms with Crippen LogP contribution in [0.1, 0.15) is 34.9 Å². The molecule has 0 spiro atoms. The van der Waals surface area contributed by atoms with Crippen LogP contribution in [-0.2, 0) is 11.3 Å². The lowest BCUT2D eigenvalue weighted by Gasteiger charge is -2.22. The zero-order chi connectivity index (χ0) is 19.3. The SMILES string of the molecule is O=C(C[NH+](Cc1ccc(F)cc1)C1CC1)N[C@@H](c1ccccc1)c1cccs1. The summed E-state index contributed by atoms with van der Waals surface area (Å²) in [6.45, 7) is 1.17. The summed E-state index contributed by atoms with van der Waals surface area (Å²) in [5.74, 6) is -0.178. The Hall–Kier alpha value is -2.50. The zero-order valence-electron chi connectivity index (χ0n) is 15.6. The molecule has 0 aliphatic heterocycles. The highest BCUT2D eigenvalue weighted by molar-refractivity contribution is 7.10. The Morgan fingerprint density at radius 3 is 2.46 bits per heavy atom. The Kier molecular flexibility index (Phi) is 5.84. The first-order valence-electron chi connectivity index (χ1n) is 9.66. The van der Waals surface area contributed by atoms with Gasteiger partial charge in [0.15, 0.2) is 6.54 Å². The third-order valence-corrected chi connectivity index (χ3v) is 6.09. The molecule has 1 unspecified atom stereocenters. The first-order valence-corrected chi connectivity index (χ1v) is 10.5. The van der Waals surface area contributed by atoms with Crippen LogP contribution >= 0.6 is 11.3 Å². The molecule has 28 heavy (non-hydrogen) atoms. The number of amides is 1. The van der Waals surface area contributed by atoms with Crippen molar-refractivity contribution in [3.05, 3.63) is 93.9 Å². The van der Waals surface area contributed by atoms with E-state index in [4.69, 9.17) is 0 Å². The normalized spacial score (nSPS) is 15.8. The summed E-state index contributed by atoms with van der Waals surface area (Å²) in [6.07, 6.45) is 2.30. The largest absolute Gasteiger partial charge is 0.339 e. The van der Waals surface area contributed by atoms with Crippen LogP contribution in [0.2, 0.25) is 0 Å². The van der Waals surface area contributed by atoms with E-state index in [0.717, 1.165) is 35.4 Å². The van der Waals surface area contributed by atoms with Crippen molar-refractivity contribution in [3.8, 4) is 0 Å². The quantitative estimate of drug-likeness (QED) is 0.603. The van der Waals surface area contributed by atoms with Crippen LogP contribution in [0.4, 0.5) is 4.39 Å². The number of halogens is 1. The number of quaternary nitrogens is 1. The van der Waals surface area contributed by atoms with Gasteiger partial charge < -0.3 is 10.2 Å². The first-order chi connectivity index (χ1) is 13.7. The van der Waals surface area contributed by atoms with E-state index in [1.54, 1.807) is 11.3 Å². The highest BCUT2D eigenvalue weighted by atomic mass is 32.1. The van der Waals surface area contributed by atoms with Crippen LogP contribution in [0.5, 0.6) is 0 Å². The fraction of sp³-hybridized carbons (Fsp3) is 0.261. The van der Waals surface area contributed by atoms with E-state index in [1.807, 2.05) is 41.8 Å². The van der Waals surface area contributed by atoms with Gasteiger partial charge in [0.05, 0.1) is 12.1 Å². The Labute approximate surface area is 168 Å². The Balaban J connectivity index is 1.45. The third-order valence-electron chi connectivity index (χ3n) is 5.15. The topological polar surface area (TPSA) is 33.5 Å². The van der Waals surface area contributed by atoms with Crippen molar-refractivity contribution >= 4 is 17.2 Å². The minimum Gasteiger partial charge on any atom is -0.339 e. The molecule has 1 saturated carbocycles. The summed E-state index contributed by atoms with van der Waals surface area (Å²) in [6, 6.07) is 21.2. The van der Waals surface area contributed by atoms with Crippen molar-refractivity contribution in [2.45, 2.75) is 31.5 Å². The number of carbonyl (C=O) groups is 1. The van der Waals surface area contributed by atoms with E-state index in [0.29, 0.717) is 12.6 Å². The summed E-state index contributed by atoms with van der Waals surface area (Å²) in [4.78, 5) is 15.3. The molecule has 0 saturated heterocycles. The summed E-state index contributed by atoms with van der Waals surface area (Å²) in [7, 11) is 0. The van der Waals surface area contributed by atoms with Gasteiger partial charge in [0.2, 0.25) is 0 Å². The summed E-state index contributed by atoms with van der Waals surface area (Å²) < 4.78 is 13.2. The average molecular weight is 396 g/mol. The van der Waals surface area contributed by atoms with Crippen LogP contribution in [0.25, 0.3) is 0 Å². The van der Waals surface area contributed by atoms with Gasteiger partial charge in [-0.3, -0.25) is 4.79 Å². The molecule has 1 aliphatic carbocycles. The van der Waals surface area contributed by atoms with E-state index in [2.05, 4.69) is 23.5 Å². The van der Waals surface area contributed by atoms with E-state index in [1.165, 1.54) is 17.0 Å². The van der Waals surface area contributed by atoms with Crippen molar-refractivity contribution in [2.75, 3.05) is 6.54 Å². The lowest BCUT2D eigenvalue weighted by atomic mass is 10.1. The second-order valence-corrected chi connectivity index (χ2v) is 8.32. The van der Waals surface area contributed by atoms with Crippen molar-refractivity contribution < 1.29 is 14.1 Å². The maximum Gasteiger partial charge on any atom is 0.275 e. The van der Waals surface area contributed by atoms with Gasteiger partial charge in [0.25, 0.3) is 5.91 Å².